The lowest BCUT2D eigenvalue weighted by Crippen LogP contribution is -2.28. The van der Waals surface area contributed by atoms with Gasteiger partial charge >= 0.3 is 0 Å². The van der Waals surface area contributed by atoms with Gasteiger partial charge in [-0.1, -0.05) is 19.1 Å². The second-order valence-corrected chi connectivity index (χ2v) is 7.75. The van der Waals surface area contributed by atoms with E-state index in [-0.39, 0.29) is 5.75 Å². The Labute approximate surface area is 112 Å². The Hall–Kier alpha value is -0.720. The molecular weight excluding hydrogens is 270 g/mol. The van der Waals surface area contributed by atoms with Gasteiger partial charge in [0.05, 0.1) is 5.75 Å². The minimum absolute atomic E-state index is 0.167. The predicted octanol–water partition coefficient (Wildman–Crippen LogP) is 1.60. The van der Waals surface area contributed by atoms with Crippen LogP contribution in [0, 0.1) is 0 Å². The molecule has 0 heterocycles. The average Bonchev–Trinajstić information content (AvgIpc) is 2.29. The van der Waals surface area contributed by atoms with Gasteiger partial charge in [-0.15, -0.1) is 0 Å². The van der Waals surface area contributed by atoms with Crippen molar-refractivity contribution in [1.82, 2.24) is 4.31 Å². The van der Waals surface area contributed by atoms with Gasteiger partial charge < -0.3 is 0 Å². The van der Waals surface area contributed by atoms with E-state index in [0.717, 1.165) is 10.5 Å². The van der Waals surface area contributed by atoms with E-state index in [9.17, 15) is 12.6 Å². The maximum Gasteiger partial charge on any atom is 0.214 e. The molecule has 0 radical (unpaired) electrons. The lowest BCUT2D eigenvalue weighted by atomic mass is 10.2. The van der Waals surface area contributed by atoms with Crippen molar-refractivity contribution in [3.8, 4) is 0 Å². The predicted molar refractivity (Wildman–Crippen MR) is 74.3 cm³/mol. The first-order valence-electron chi connectivity index (χ1n) is 5.73. The number of benzene rings is 1. The van der Waals surface area contributed by atoms with E-state index in [1.54, 1.807) is 25.4 Å². The number of sulfonamides is 1. The van der Waals surface area contributed by atoms with E-state index < -0.39 is 20.8 Å². The van der Waals surface area contributed by atoms with Crippen molar-refractivity contribution in [3.63, 3.8) is 0 Å². The smallest absolute Gasteiger partial charge is 0.214 e. The van der Waals surface area contributed by atoms with Gasteiger partial charge in [0, 0.05) is 35.5 Å². The summed E-state index contributed by atoms with van der Waals surface area (Å²) in [6.45, 7) is 2.19. The van der Waals surface area contributed by atoms with E-state index in [2.05, 4.69) is 0 Å². The van der Waals surface area contributed by atoms with E-state index in [0.29, 0.717) is 13.0 Å². The Morgan fingerprint density at radius 1 is 1.22 bits per heavy atom. The van der Waals surface area contributed by atoms with Crippen LogP contribution in [-0.2, 0) is 27.4 Å². The van der Waals surface area contributed by atoms with Gasteiger partial charge in [0.1, 0.15) is 0 Å². The Balaban J connectivity index is 2.76. The Morgan fingerprint density at radius 3 is 2.22 bits per heavy atom. The first-order valence-corrected chi connectivity index (χ1v) is 8.90. The topological polar surface area (TPSA) is 54.5 Å². The summed E-state index contributed by atoms with van der Waals surface area (Å²) >= 11 is 0. The molecule has 0 saturated carbocycles. The molecule has 18 heavy (non-hydrogen) atoms. The summed E-state index contributed by atoms with van der Waals surface area (Å²) < 4.78 is 36.2. The third-order valence-electron chi connectivity index (χ3n) is 2.60. The minimum atomic E-state index is -3.16. The van der Waals surface area contributed by atoms with Gasteiger partial charge in [0.25, 0.3) is 0 Å². The zero-order valence-corrected chi connectivity index (χ0v) is 12.6. The van der Waals surface area contributed by atoms with E-state index >= 15 is 0 Å². The van der Waals surface area contributed by atoms with Crippen molar-refractivity contribution in [2.75, 3.05) is 19.1 Å². The highest BCUT2D eigenvalue weighted by Crippen LogP contribution is 2.11. The number of nitrogens with zero attached hydrogens (tertiary/aromatic N) is 1. The van der Waals surface area contributed by atoms with Crippen LogP contribution in [0.5, 0.6) is 0 Å². The zero-order chi connectivity index (χ0) is 13.8. The molecule has 4 nitrogen and oxygen atoms in total. The van der Waals surface area contributed by atoms with Crippen LogP contribution in [-0.4, -0.2) is 36.0 Å². The molecule has 1 rings (SSSR count). The van der Waals surface area contributed by atoms with Crippen LogP contribution in [0.2, 0.25) is 0 Å². The monoisotopic (exact) mass is 289 g/mol. The molecular formula is C12H19NO3S2. The fourth-order valence-corrected chi connectivity index (χ4v) is 3.25. The van der Waals surface area contributed by atoms with Crippen molar-refractivity contribution in [3.05, 3.63) is 29.8 Å². The van der Waals surface area contributed by atoms with Gasteiger partial charge in [-0.2, -0.15) is 0 Å². The van der Waals surface area contributed by atoms with Crippen LogP contribution in [0.3, 0.4) is 0 Å². The van der Waals surface area contributed by atoms with Crippen LogP contribution in [0.4, 0.5) is 0 Å². The average molecular weight is 289 g/mol. The van der Waals surface area contributed by atoms with Gasteiger partial charge in [-0.25, -0.2) is 12.7 Å². The zero-order valence-electron chi connectivity index (χ0n) is 10.9. The van der Waals surface area contributed by atoms with Crippen LogP contribution in [0.1, 0.15) is 18.9 Å². The number of rotatable bonds is 6. The number of hydrogen-bond acceptors (Lipinski definition) is 3. The molecule has 0 aliphatic rings. The molecule has 0 N–H and O–H groups in total. The first-order chi connectivity index (χ1) is 8.36. The summed E-state index contributed by atoms with van der Waals surface area (Å²) in [6.07, 6.45) is 2.23. The third kappa shape index (κ3) is 4.19. The van der Waals surface area contributed by atoms with Crippen LogP contribution in [0.25, 0.3) is 0 Å². The van der Waals surface area contributed by atoms with Gasteiger partial charge in [-0.3, -0.25) is 4.21 Å². The van der Waals surface area contributed by atoms with E-state index in [1.807, 2.05) is 19.1 Å². The lowest BCUT2D eigenvalue weighted by Gasteiger charge is -2.16. The molecule has 0 bridgehead atoms. The molecule has 0 aliphatic heterocycles. The summed E-state index contributed by atoms with van der Waals surface area (Å²) in [6, 6.07) is 7.17. The first kappa shape index (κ1) is 15.3. The van der Waals surface area contributed by atoms with Crippen molar-refractivity contribution >= 4 is 20.8 Å². The molecule has 1 aromatic carbocycles. The Kier molecular flexibility index (Phi) is 5.49. The van der Waals surface area contributed by atoms with Crippen molar-refractivity contribution in [1.29, 1.82) is 0 Å². The standard InChI is InChI=1S/C12H19NO3S2/c1-4-9-18(15,16)13(2)10-11-5-7-12(8-6-11)17(3)14/h5-8H,4,9-10H2,1-3H3/t17-/m0/s1. The normalized spacial score (nSPS) is 13.8. The summed E-state index contributed by atoms with van der Waals surface area (Å²) in [7, 11) is -2.58. The highest BCUT2D eigenvalue weighted by Gasteiger charge is 2.16. The largest absolute Gasteiger partial charge is 0.255 e. The molecule has 0 aliphatic carbocycles. The third-order valence-corrected chi connectivity index (χ3v) is 5.54. The molecule has 0 amide bonds. The molecule has 0 saturated heterocycles. The molecule has 0 fully saturated rings. The van der Waals surface area contributed by atoms with E-state index in [4.69, 9.17) is 0 Å². The molecule has 6 heteroatoms. The Morgan fingerprint density at radius 2 is 1.78 bits per heavy atom. The molecule has 1 aromatic rings. The second kappa shape index (κ2) is 6.45. The maximum absolute atomic E-state index is 11.8. The fourth-order valence-electron chi connectivity index (χ4n) is 1.56. The molecule has 0 spiro atoms. The molecule has 102 valence electrons. The second-order valence-electron chi connectivity index (χ2n) is 4.17. The highest BCUT2D eigenvalue weighted by molar-refractivity contribution is 7.89. The van der Waals surface area contributed by atoms with Crippen molar-refractivity contribution in [2.45, 2.75) is 24.8 Å². The quantitative estimate of drug-likeness (QED) is 0.799. The highest BCUT2D eigenvalue weighted by atomic mass is 32.2. The molecule has 0 aromatic heterocycles. The summed E-state index contributed by atoms with van der Waals surface area (Å²) in [5.74, 6) is 0.167. The van der Waals surface area contributed by atoms with Crippen LogP contribution < -0.4 is 0 Å². The van der Waals surface area contributed by atoms with E-state index in [1.165, 1.54) is 4.31 Å². The van der Waals surface area contributed by atoms with Crippen molar-refractivity contribution < 1.29 is 12.6 Å². The summed E-state index contributed by atoms with van der Waals surface area (Å²) in [4.78, 5) is 0.748. The molecule has 0 unspecified atom stereocenters. The fraction of sp³-hybridized carbons (Fsp3) is 0.500. The minimum Gasteiger partial charge on any atom is -0.255 e. The van der Waals surface area contributed by atoms with Crippen LogP contribution in [0.15, 0.2) is 29.2 Å². The van der Waals surface area contributed by atoms with Crippen molar-refractivity contribution in [2.24, 2.45) is 0 Å². The maximum atomic E-state index is 11.8. The summed E-state index contributed by atoms with van der Waals surface area (Å²) in [5.41, 5.74) is 0.895. The Bertz CT molecular complexity index is 509. The number of hydrogen-bond donors (Lipinski definition) is 0. The lowest BCUT2D eigenvalue weighted by molar-refractivity contribution is 0.466. The van der Waals surface area contributed by atoms with Crippen LogP contribution >= 0.6 is 0 Å². The molecule has 1 atom stereocenters. The van der Waals surface area contributed by atoms with Gasteiger partial charge in [0.15, 0.2) is 0 Å². The van der Waals surface area contributed by atoms with Gasteiger partial charge in [0.2, 0.25) is 10.0 Å². The van der Waals surface area contributed by atoms with Gasteiger partial charge in [-0.05, 0) is 24.1 Å². The summed E-state index contributed by atoms with van der Waals surface area (Å²) in [5, 5.41) is 0. The SMILES string of the molecule is CCCS(=O)(=O)N(C)Cc1ccc([S@](C)=O)cc1.